The second kappa shape index (κ2) is 8.64. The molecule has 2 unspecified atom stereocenters. The summed E-state index contributed by atoms with van der Waals surface area (Å²) in [5, 5.41) is 12.8. The Bertz CT molecular complexity index is 251. The fourth-order valence-electron chi connectivity index (χ4n) is 2.38. The highest BCUT2D eigenvalue weighted by Crippen LogP contribution is 2.24. The minimum Gasteiger partial charge on any atom is -0.393 e. The second-order valence-electron chi connectivity index (χ2n) is 5.07. The molecule has 1 saturated carbocycles. The van der Waals surface area contributed by atoms with Crippen LogP contribution in [-0.2, 0) is 0 Å². The fourth-order valence-corrected chi connectivity index (χ4v) is 2.82. The lowest BCUT2D eigenvalue weighted by Gasteiger charge is -2.31. The van der Waals surface area contributed by atoms with Crippen molar-refractivity contribution in [2.45, 2.75) is 38.2 Å². The molecule has 0 aromatic heterocycles. The molecule has 0 heterocycles. The van der Waals surface area contributed by atoms with Crippen LogP contribution in [0.5, 0.6) is 0 Å². The Morgan fingerprint density at radius 1 is 1.44 bits per heavy atom. The van der Waals surface area contributed by atoms with Crippen LogP contribution in [0.3, 0.4) is 0 Å². The molecule has 0 aromatic carbocycles. The second-order valence-corrected chi connectivity index (χ2v) is 6.06. The molecule has 1 fully saturated rings. The minimum atomic E-state index is -0.231. The van der Waals surface area contributed by atoms with Crippen molar-refractivity contribution in [3.63, 3.8) is 0 Å². The largest absolute Gasteiger partial charge is 0.393 e. The molecule has 0 spiro atoms. The van der Waals surface area contributed by atoms with Gasteiger partial charge in [0.15, 0.2) is 0 Å². The van der Waals surface area contributed by atoms with E-state index in [1.54, 1.807) is 16.7 Å². The number of carbonyl (C=O) groups is 1. The Labute approximate surface area is 115 Å². The Balaban J connectivity index is 2.21. The van der Waals surface area contributed by atoms with Gasteiger partial charge in [-0.25, -0.2) is 4.79 Å². The summed E-state index contributed by atoms with van der Waals surface area (Å²) >= 11 is 1.79. The molecule has 2 atom stereocenters. The van der Waals surface area contributed by atoms with Crippen LogP contribution in [0.15, 0.2) is 0 Å². The Hall–Kier alpha value is -0.420. The van der Waals surface area contributed by atoms with Crippen molar-refractivity contribution in [2.75, 3.05) is 32.1 Å². The maximum atomic E-state index is 11.8. The lowest BCUT2D eigenvalue weighted by molar-refractivity contribution is 0.0565. The molecule has 2 amide bonds. The van der Waals surface area contributed by atoms with E-state index in [1.165, 1.54) is 6.42 Å². The Morgan fingerprint density at radius 3 is 2.83 bits per heavy atom. The zero-order chi connectivity index (χ0) is 13.4. The molecule has 0 radical (unpaired) electrons. The molecule has 0 aromatic rings. The van der Waals surface area contributed by atoms with Crippen molar-refractivity contribution in [2.24, 2.45) is 5.92 Å². The summed E-state index contributed by atoms with van der Waals surface area (Å²) in [4.78, 5) is 13.5. The summed E-state index contributed by atoms with van der Waals surface area (Å²) in [5.74, 6) is 1.33. The molecule has 0 saturated heterocycles. The number of carbonyl (C=O) groups excluding carboxylic acids is 1. The third-order valence-electron chi connectivity index (χ3n) is 3.53. The monoisotopic (exact) mass is 274 g/mol. The first-order valence-corrected chi connectivity index (χ1v) is 8.20. The zero-order valence-electron chi connectivity index (χ0n) is 11.5. The van der Waals surface area contributed by atoms with Gasteiger partial charge in [0.25, 0.3) is 0 Å². The first-order chi connectivity index (χ1) is 8.65. The van der Waals surface area contributed by atoms with E-state index >= 15 is 0 Å². The van der Waals surface area contributed by atoms with E-state index in [-0.39, 0.29) is 18.1 Å². The van der Waals surface area contributed by atoms with Gasteiger partial charge in [0.1, 0.15) is 0 Å². The summed E-state index contributed by atoms with van der Waals surface area (Å²) in [6, 6.07) is -0.0196. The molecule has 4 nitrogen and oxygen atoms in total. The molecule has 5 heteroatoms. The van der Waals surface area contributed by atoms with E-state index in [1.807, 2.05) is 7.05 Å². The minimum absolute atomic E-state index is 0.0196. The van der Waals surface area contributed by atoms with Gasteiger partial charge in [0.2, 0.25) is 0 Å². The van der Waals surface area contributed by atoms with Crippen molar-refractivity contribution in [3.8, 4) is 0 Å². The van der Waals surface area contributed by atoms with Crippen molar-refractivity contribution < 1.29 is 9.90 Å². The molecule has 1 rings (SSSR count). The average molecular weight is 274 g/mol. The quantitative estimate of drug-likeness (QED) is 0.728. The van der Waals surface area contributed by atoms with Crippen molar-refractivity contribution in [1.29, 1.82) is 0 Å². The van der Waals surface area contributed by atoms with Crippen LogP contribution in [0.25, 0.3) is 0 Å². The predicted octanol–water partition coefficient (Wildman–Crippen LogP) is 1.93. The highest BCUT2D eigenvalue weighted by molar-refractivity contribution is 7.98. The van der Waals surface area contributed by atoms with E-state index < -0.39 is 0 Å². The fraction of sp³-hybridized carbons (Fsp3) is 0.923. The molecular formula is C13H26N2O2S. The lowest BCUT2D eigenvalue weighted by atomic mass is 9.86. The van der Waals surface area contributed by atoms with E-state index in [9.17, 15) is 9.90 Å². The molecule has 1 aliphatic rings. The standard InChI is InChI=1S/C13H26N2O2S/c1-15(13(17)14-8-5-9-18-2)10-11-6-3-4-7-12(11)16/h11-12,16H,3-10H2,1-2H3,(H,14,17). The maximum Gasteiger partial charge on any atom is 0.317 e. The maximum absolute atomic E-state index is 11.8. The van der Waals surface area contributed by atoms with Crippen LogP contribution in [-0.4, -0.2) is 54.3 Å². The van der Waals surface area contributed by atoms with Gasteiger partial charge >= 0.3 is 6.03 Å². The van der Waals surface area contributed by atoms with E-state index in [0.29, 0.717) is 6.54 Å². The normalized spacial score (nSPS) is 23.7. The lowest BCUT2D eigenvalue weighted by Crippen LogP contribution is -2.43. The summed E-state index contributed by atoms with van der Waals surface area (Å²) in [6.45, 7) is 1.40. The summed E-state index contributed by atoms with van der Waals surface area (Å²) in [5.41, 5.74) is 0. The molecule has 0 aliphatic heterocycles. The van der Waals surface area contributed by atoms with Gasteiger partial charge in [0, 0.05) is 26.1 Å². The van der Waals surface area contributed by atoms with Crippen molar-refractivity contribution in [1.82, 2.24) is 10.2 Å². The number of hydrogen-bond donors (Lipinski definition) is 2. The van der Waals surface area contributed by atoms with Gasteiger partial charge in [-0.15, -0.1) is 0 Å². The molecule has 18 heavy (non-hydrogen) atoms. The number of rotatable bonds is 6. The number of nitrogens with zero attached hydrogens (tertiary/aromatic N) is 1. The number of thioether (sulfide) groups is 1. The van der Waals surface area contributed by atoms with Gasteiger partial charge in [-0.1, -0.05) is 12.8 Å². The van der Waals surface area contributed by atoms with Gasteiger partial charge < -0.3 is 15.3 Å². The Morgan fingerprint density at radius 2 is 2.17 bits per heavy atom. The van der Waals surface area contributed by atoms with Crippen LogP contribution in [0.2, 0.25) is 0 Å². The van der Waals surface area contributed by atoms with Gasteiger partial charge in [0.05, 0.1) is 6.10 Å². The van der Waals surface area contributed by atoms with Crippen LogP contribution < -0.4 is 5.32 Å². The third kappa shape index (κ3) is 5.48. The van der Waals surface area contributed by atoms with Gasteiger partial charge in [-0.2, -0.15) is 11.8 Å². The molecule has 1 aliphatic carbocycles. The first kappa shape index (κ1) is 15.6. The van der Waals surface area contributed by atoms with Crippen LogP contribution in [0.1, 0.15) is 32.1 Å². The third-order valence-corrected chi connectivity index (χ3v) is 4.22. The topological polar surface area (TPSA) is 52.6 Å². The summed E-state index contributed by atoms with van der Waals surface area (Å²) in [6.07, 6.45) is 7.04. The van der Waals surface area contributed by atoms with Crippen LogP contribution >= 0.6 is 11.8 Å². The Kier molecular flexibility index (Phi) is 7.51. The number of aliphatic hydroxyl groups excluding tert-OH is 1. The highest BCUT2D eigenvalue weighted by atomic mass is 32.2. The number of urea groups is 1. The van der Waals surface area contributed by atoms with E-state index in [4.69, 9.17) is 0 Å². The highest BCUT2D eigenvalue weighted by Gasteiger charge is 2.25. The predicted molar refractivity (Wildman–Crippen MR) is 77.0 cm³/mol. The van der Waals surface area contributed by atoms with Crippen LogP contribution in [0.4, 0.5) is 4.79 Å². The molecule has 2 N–H and O–H groups in total. The number of aliphatic hydroxyl groups is 1. The molecule has 106 valence electrons. The molecular weight excluding hydrogens is 248 g/mol. The molecule has 0 bridgehead atoms. The van der Waals surface area contributed by atoms with E-state index in [2.05, 4.69) is 11.6 Å². The number of nitrogens with one attached hydrogen (secondary N) is 1. The van der Waals surface area contributed by atoms with Gasteiger partial charge in [-0.3, -0.25) is 0 Å². The zero-order valence-corrected chi connectivity index (χ0v) is 12.3. The van der Waals surface area contributed by atoms with E-state index in [0.717, 1.165) is 38.0 Å². The summed E-state index contributed by atoms with van der Waals surface area (Å²) in [7, 11) is 1.81. The average Bonchev–Trinajstić information content (AvgIpc) is 2.37. The SMILES string of the molecule is CSCCCNC(=O)N(C)CC1CCCCC1O. The van der Waals surface area contributed by atoms with Gasteiger partial charge in [-0.05, 0) is 31.3 Å². The number of hydrogen-bond acceptors (Lipinski definition) is 3. The van der Waals surface area contributed by atoms with Crippen molar-refractivity contribution in [3.05, 3.63) is 0 Å². The number of amides is 2. The smallest absolute Gasteiger partial charge is 0.317 e. The van der Waals surface area contributed by atoms with Crippen molar-refractivity contribution >= 4 is 17.8 Å². The summed E-state index contributed by atoms with van der Waals surface area (Å²) < 4.78 is 0. The van der Waals surface area contributed by atoms with Crippen LogP contribution in [0, 0.1) is 5.92 Å². The first-order valence-electron chi connectivity index (χ1n) is 6.81.